The van der Waals surface area contributed by atoms with Crippen molar-refractivity contribution in [3.8, 4) is 5.75 Å². The first-order chi connectivity index (χ1) is 16.5. The molecule has 2 aliphatic rings. The van der Waals surface area contributed by atoms with Gasteiger partial charge in [-0.25, -0.2) is 9.79 Å². The summed E-state index contributed by atoms with van der Waals surface area (Å²) < 4.78 is 11.1. The SMILES string of the molecule is CCOC(=O)C1=C(C)N=C2SC=CN2C1c1cccc(OCC(=O)Nc2ccccc2CC)c1. The number of allylic oxidation sites excluding steroid dienone is 1. The Morgan fingerprint density at radius 3 is 2.76 bits per heavy atom. The zero-order chi connectivity index (χ0) is 24.1. The Morgan fingerprint density at radius 1 is 1.15 bits per heavy atom. The van der Waals surface area contributed by atoms with Gasteiger partial charge in [0.2, 0.25) is 0 Å². The minimum absolute atomic E-state index is 0.127. The molecule has 1 atom stereocenters. The van der Waals surface area contributed by atoms with Crippen molar-refractivity contribution in [2.75, 3.05) is 18.5 Å². The standard InChI is InChI=1S/C26H27N3O4S/c1-4-18-9-6-7-12-21(18)28-22(30)16-33-20-11-8-10-19(15-20)24-23(25(31)32-5-2)17(3)27-26-29(24)13-14-34-26/h6-15,24H,4-5,16H2,1-3H3,(H,28,30). The van der Waals surface area contributed by atoms with Crippen molar-refractivity contribution >= 4 is 34.5 Å². The topological polar surface area (TPSA) is 80.2 Å². The number of amides is 1. The molecule has 0 radical (unpaired) electrons. The van der Waals surface area contributed by atoms with E-state index in [1.54, 1.807) is 13.0 Å². The lowest BCUT2D eigenvalue weighted by molar-refractivity contribution is -0.139. The maximum Gasteiger partial charge on any atom is 0.338 e. The predicted octanol–water partition coefficient (Wildman–Crippen LogP) is 5.03. The van der Waals surface area contributed by atoms with Crippen LogP contribution in [0, 0.1) is 0 Å². The first kappa shape index (κ1) is 23.6. The third-order valence-corrected chi connectivity index (χ3v) is 6.30. The van der Waals surface area contributed by atoms with Gasteiger partial charge in [-0.15, -0.1) is 0 Å². The van der Waals surface area contributed by atoms with Crippen molar-refractivity contribution in [1.29, 1.82) is 0 Å². The molecule has 8 heteroatoms. The lowest BCUT2D eigenvalue weighted by Gasteiger charge is -2.33. The number of carbonyl (C=O) groups excluding carboxylic acids is 2. The molecule has 4 rings (SSSR count). The zero-order valence-corrected chi connectivity index (χ0v) is 20.2. The molecule has 0 saturated carbocycles. The summed E-state index contributed by atoms with van der Waals surface area (Å²) >= 11 is 1.50. The number of hydrogen-bond acceptors (Lipinski definition) is 7. The average molecular weight is 478 g/mol. The quantitative estimate of drug-likeness (QED) is 0.537. The second-order valence-electron chi connectivity index (χ2n) is 7.75. The van der Waals surface area contributed by atoms with Crippen LogP contribution in [0.2, 0.25) is 0 Å². The summed E-state index contributed by atoms with van der Waals surface area (Å²) in [6.45, 7) is 5.80. The fourth-order valence-corrected chi connectivity index (χ4v) is 4.75. The van der Waals surface area contributed by atoms with Gasteiger partial charge in [0.05, 0.1) is 23.9 Å². The molecule has 176 valence electrons. The number of thioether (sulfide) groups is 1. The number of aryl methyl sites for hydroxylation is 1. The van der Waals surface area contributed by atoms with Gasteiger partial charge in [0.25, 0.3) is 5.91 Å². The molecule has 0 aliphatic carbocycles. The van der Waals surface area contributed by atoms with Crippen LogP contribution in [-0.2, 0) is 20.7 Å². The molecule has 0 bridgehead atoms. The van der Waals surface area contributed by atoms with Crippen molar-refractivity contribution < 1.29 is 19.1 Å². The summed E-state index contributed by atoms with van der Waals surface area (Å²) in [6.07, 6.45) is 2.73. The minimum Gasteiger partial charge on any atom is -0.484 e. The fourth-order valence-electron chi connectivity index (χ4n) is 3.96. The number of nitrogens with one attached hydrogen (secondary N) is 1. The van der Waals surface area contributed by atoms with Gasteiger partial charge in [0.15, 0.2) is 11.8 Å². The number of benzene rings is 2. The molecular weight excluding hydrogens is 450 g/mol. The van der Waals surface area contributed by atoms with Gasteiger partial charge >= 0.3 is 5.97 Å². The molecule has 2 aromatic carbocycles. The number of ether oxygens (including phenoxy) is 2. The Labute approximate surface area is 203 Å². The molecule has 1 unspecified atom stereocenters. The van der Waals surface area contributed by atoms with E-state index in [0.29, 0.717) is 17.0 Å². The van der Waals surface area contributed by atoms with Crippen LogP contribution in [0.25, 0.3) is 0 Å². The van der Waals surface area contributed by atoms with Gasteiger partial charge in [-0.2, -0.15) is 0 Å². The van der Waals surface area contributed by atoms with Crippen LogP contribution in [0.4, 0.5) is 5.69 Å². The highest BCUT2D eigenvalue weighted by molar-refractivity contribution is 8.16. The van der Waals surface area contributed by atoms with E-state index < -0.39 is 12.0 Å². The van der Waals surface area contributed by atoms with Crippen LogP contribution in [0.15, 0.2) is 76.4 Å². The normalized spacial score (nSPS) is 16.7. The van der Waals surface area contributed by atoms with E-state index in [2.05, 4.69) is 10.3 Å². The summed E-state index contributed by atoms with van der Waals surface area (Å²) in [5.41, 5.74) is 3.82. The Balaban J connectivity index is 1.53. The number of fused-ring (bicyclic) bond motifs is 1. The first-order valence-electron chi connectivity index (χ1n) is 11.2. The van der Waals surface area contributed by atoms with Crippen LogP contribution in [-0.4, -0.2) is 35.2 Å². The maximum atomic E-state index is 12.8. The number of amidine groups is 1. The smallest absolute Gasteiger partial charge is 0.338 e. The van der Waals surface area contributed by atoms with Gasteiger partial charge in [-0.1, -0.05) is 49.0 Å². The lowest BCUT2D eigenvalue weighted by Crippen LogP contribution is -2.34. The Morgan fingerprint density at radius 2 is 1.97 bits per heavy atom. The highest BCUT2D eigenvalue weighted by Crippen LogP contribution is 2.41. The van der Waals surface area contributed by atoms with Crippen molar-refractivity contribution in [3.63, 3.8) is 0 Å². The lowest BCUT2D eigenvalue weighted by atomic mass is 9.94. The van der Waals surface area contributed by atoms with E-state index >= 15 is 0 Å². The van der Waals surface area contributed by atoms with E-state index in [1.165, 1.54) is 11.8 Å². The summed E-state index contributed by atoms with van der Waals surface area (Å²) in [5.74, 6) is -0.0872. The number of aliphatic imine (C=N–C) groups is 1. The summed E-state index contributed by atoms with van der Waals surface area (Å²) in [7, 11) is 0. The second-order valence-corrected chi connectivity index (χ2v) is 8.62. The number of carbonyl (C=O) groups is 2. The molecule has 0 aromatic heterocycles. The average Bonchev–Trinajstić information content (AvgIpc) is 3.30. The van der Waals surface area contributed by atoms with Crippen LogP contribution < -0.4 is 10.1 Å². The highest BCUT2D eigenvalue weighted by Gasteiger charge is 2.37. The first-order valence-corrected chi connectivity index (χ1v) is 12.1. The summed E-state index contributed by atoms with van der Waals surface area (Å²) in [4.78, 5) is 31.9. The minimum atomic E-state index is -0.397. The third-order valence-electron chi connectivity index (χ3n) is 5.53. The van der Waals surface area contributed by atoms with E-state index in [0.717, 1.165) is 28.4 Å². The van der Waals surface area contributed by atoms with Crippen LogP contribution in [0.5, 0.6) is 5.75 Å². The molecule has 34 heavy (non-hydrogen) atoms. The van der Waals surface area contributed by atoms with Gasteiger partial charge in [-0.3, -0.25) is 4.79 Å². The maximum absolute atomic E-state index is 12.8. The number of esters is 1. The molecule has 1 N–H and O–H groups in total. The number of para-hydroxylation sites is 1. The zero-order valence-electron chi connectivity index (χ0n) is 19.4. The van der Waals surface area contributed by atoms with E-state index in [1.807, 2.05) is 72.8 Å². The molecule has 0 spiro atoms. The van der Waals surface area contributed by atoms with Gasteiger partial charge < -0.3 is 19.7 Å². The van der Waals surface area contributed by atoms with E-state index in [9.17, 15) is 9.59 Å². The van der Waals surface area contributed by atoms with Crippen molar-refractivity contribution in [2.45, 2.75) is 33.2 Å². The predicted molar refractivity (Wildman–Crippen MR) is 134 cm³/mol. The molecule has 7 nitrogen and oxygen atoms in total. The summed E-state index contributed by atoms with van der Waals surface area (Å²) in [6, 6.07) is 14.7. The number of anilines is 1. The largest absolute Gasteiger partial charge is 0.484 e. The molecule has 0 saturated heterocycles. The number of hydrogen-bond donors (Lipinski definition) is 1. The number of nitrogens with zero attached hydrogens (tertiary/aromatic N) is 2. The van der Waals surface area contributed by atoms with Gasteiger partial charge in [-0.05, 0) is 55.0 Å². The van der Waals surface area contributed by atoms with E-state index in [4.69, 9.17) is 9.47 Å². The molecule has 1 amide bonds. The Bertz CT molecular complexity index is 1190. The van der Waals surface area contributed by atoms with Gasteiger partial charge in [0.1, 0.15) is 5.75 Å². The van der Waals surface area contributed by atoms with Crippen molar-refractivity contribution in [1.82, 2.24) is 4.90 Å². The van der Waals surface area contributed by atoms with E-state index in [-0.39, 0.29) is 19.1 Å². The van der Waals surface area contributed by atoms with Crippen LogP contribution in [0.3, 0.4) is 0 Å². The Hall–Kier alpha value is -3.52. The van der Waals surface area contributed by atoms with Gasteiger partial charge in [0, 0.05) is 11.9 Å². The molecule has 2 heterocycles. The fraction of sp³-hybridized carbons (Fsp3) is 0.269. The Kier molecular flexibility index (Phi) is 7.37. The monoisotopic (exact) mass is 477 g/mol. The molecule has 0 fully saturated rings. The molecule has 2 aromatic rings. The van der Waals surface area contributed by atoms with Crippen LogP contribution >= 0.6 is 11.8 Å². The second kappa shape index (κ2) is 10.6. The van der Waals surface area contributed by atoms with Crippen molar-refractivity contribution in [2.24, 2.45) is 4.99 Å². The molecular formula is C26H27N3O4S. The third kappa shape index (κ3) is 5.02. The molecule has 2 aliphatic heterocycles. The van der Waals surface area contributed by atoms with Crippen LogP contribution in [0.1, 0.15) is 37.9 Å². The number of rotatable bonds is 8. The highest BCUT2D eigenvalue weighted by atomic mass is 32.2. The van der Waals surface area contributed by atoms with Crippen molar-refractivity contribution in [3.05, 3.63) is 82.5 Å². The summed E-state index contributed by atoms with van der Waals surface area (Å²) in [5, 5.41) is 5.65.